The van der Waals surface area contributed by atoms with E-state index in [2.05, 4.69) is 11.3 Å². The van der Waals surface area contributed by atoms with Gasteiger partial charge in [-0.1, -0.05) is 42.0 Å². The number of aliphatic hydroxyl groups is 2. The molecule has 2 aromatic rings. The van der Waals surface area contributed by atoms with Crippen LogP contribution in [-0.4, -0.2) is 67.6 Å². The second-order valence-corrected chi connectivity index (χ2v) is 9.53. The highest BCUT2D eigenvalue weighted by Gasteiger charge is 2.47. The maximum absolute atomic E-state index is 12.9. The van der Waals surface area contributed by atoms with E-state index in [9.17, 15) is 28.2 Å². The summed E-state index contributed by atoms with van der Waals surface area (Å²) in [6.07, 6.45) is -6.49. The van der Waals surface area contributed by atoms with Gasteiger partial charge in [-0.15, -0.1) is 6.58 Å². The fraction of sp³-hybridized carbons (Fsp3) is 0.333. The number of carbonyl (C=O) groups is 2. The Hall–Kier alpha value is -3.09. The Kier molecular flexibility index (Phi) is 8.76. The second-order valence-electron chi connectivity index (χ2n) is 8.15. The van der Waals surface area contributed by atoms with Gasteiger partial charge >= 0.3 is 22.2 Å². The van der Waals surface area contributed by atoms with Crippen LogP contribution in [-0.2, 0) is 24.0 Å². The van der Waals surface area contributed by atoms with E-state index >= 15 is 0 Å². The van der Waals surface area contributed by atoms with E-state index in [1.54, 1.807) is 43.3 Å². The van der Waals surface area contributed by atoms with Crippen LogP contribution in [0, 0.1) is 0 Å². The molecule has 0 spiro atoms. The predicted molar refractivity (Wildman–Crippen MR) is 125 cm³/mol. The largest absolute Gasteiger partial charge is 0.453 e. The van der Waals surface area contributed by atoms with Gasteiger partial charge in [-0.2, -0.15) is 13.1 Å². The third kappa shape index (κ3) is 7.20. The molecule has 0 aliphatic carbocycles. The Balaban J connectivity index is 2.03. The molecule has 3 rings (SSSR count). The van der Waals surface area contributed by atoms with Crippen LogP contribution < -0.4 is 4.72 Å². The fourth-order valence-corrected chi connectivity index (χ4v) is 4.56. The molecule has 0 unspecified atom stereocenters. The molecule has 0 amide bonds. The van der Waals surface area contributed by atoms with Gasteiger partial charge in [0.05, 0.1) is 29.9 Å². The molecule has 10 nitrogen and oxygen atoms in total. The molecule has 3 N–H and O–H groups in total. The van der Waals surface area contributed by atoms with Crippen LogP contribution in [0.1, 0.15) is 34.1 Å². The number of hydrogen-bond acceptors (Lipinski definition) is 9. The molecule has 1 saturated heterocycles. The van der Waals surface area contributed by atoms with Crippen LogP contribution in [0.4, 0.5) is 0 Å². The van der Waals surface area contributed by atoms with E-state index in [1.807, 2.05) is 0 Å². The number of nitrogens with one attached hydrogen (secondary N) is 1. The monoisotopic (exact) mass is 505 g/mol. The van der Waals surface area contributed by atoms with Crippen molar-refractivity contribution in [3.63, 3.8) is 0 Å². The summed E-state index contributed by atoms with van der Waals surface area (Å²) in [5, 5.41) is 21.6. The molecule has 1 aliphatic heterocycles. The lowest BCUT2D eigenvalue weighted by molar-refractivity contribution is -0.113. The Morgan fingerprint density at radius 2 is 1.51 bits per heavy atom. The van der Waals surface area contributed by atoms with E-state index in [0.29, 0.717) is 5.57 Å². The average Bonchev–Trinajstić information content (AvgIpc) is 2.83. The smallest absolute Gasteiger partial charge is 0.338 e. The number of esters is 2. The number of rotatable bonds is 7. The molecular formula is C24H27NO9S. The van der Waals surface area contributed by atoms with Crippen LogP contribution in [0.2, 0.25) is 0 Å². The van der Waals surface area contributed by atoms with Crippen molar-refractivity contribution in [3.8, 4) is 0 Å². The Morgan fingerprint density at radius 3 is 2.00 bits per heavy atom. The van der Waals surface area contributed by atoms with Crippen molar-refractivity contribution in [3.05, 3.63) is 83.9 Å². The van der Waals surface area contributed by atoms with Gasteiger partial charge in [-0.3, -0.25) is 4.18 Å². The lowest BCUT2D eigenvalue weighted by Gasteiger charge is -2.38. The first-order valence-electron chi connectivity index (χ1n) is 10.8. The standard InChI is InChI=1S/C24H27NO9S/c1-15(2)13-18(26)20-22(34-24(29)17-11-7-4-8-12-17)21(19(27)14-32-35(30,31)25-20)33-23(28)16-9-5-3-6-10-16/h3-12,18-22,25-27H,1,13-14H2,2H3/t18-,19+,20+,21+,22+/m0/s1. The number of hydrogen-bond donors (Lipinski definition) is 3. The maximum atomic E-state index is 12.9. The predicted octanol–water partition coefficient (Wildman–Crippen LogP) is 1.36. The first kappa shape index (κ1) is 26.5. The minimum atomic E-state index is -4.47. The third-order valence-corrected chi connectivity index (χ3v) is 6.22. The summed E-state index contributed by atoms with van der Waals surface area (Å²) in [5.74, 6) is -1.73. The van der Waals surface area contributed by atoms with E-state index in [4.69, 9.17) is 13.7 Å². The fourth-order valence-electron chi connectivity index (χ4n) is 3.54. The maximum Gasteiger partial charge on any atom is 0.338 e. The van der Waals surface area contributed by atoms with Gasteiger partial charge in [0.15, 0.2) is 12.2 Å². The number of benzene rings is 2. The van der Waals surface area contributed by atoms with E-state index in [0.717, 1.165) is 0 Å². The van der Waals surface area contributed by atoms with Crippen LogP contribution in [0.3, 0.4) is 0 Å². The quantitative estimate of drug-likeness (QED) is 0.375. The van der Waals surface area contributed by atoms with E-state index in [1.165, 1.54) is 24.3 Å². The number of ether oxygens (including phenoxy) is 2. The van der Waals surface area contributed by atoms with Crippen molar-refractivity contribution in [1.82, 2.24) is 4.72 Å². The van der Waals surface area contributed by atoms with E-state index < -0.39 is 59.3 Å². The van der Waals surface area contributed by atoms with Gasteiger partial charge in [0.2, 0.25) is 0 Å². The van der Waals surface area contributed by atoms with Gasteiger partial charge in [0.1, 0.15) is 6.10 Å². The van der Waals surface area contributed by atoms with Crippen LogP contribution in [0.15, 0.2) is 72.8 Å². The summed E-state index contributed by atoms with van der Waals surface area (Å²) in [6.45, 7) is 4.54. The molecule has 11 heteroatoms. The zero-order valence-electron chi connectivity index (χ0n) is 18.9. The Labute approximate surface area is 203 Å². The average molecular weight is 506 g/mol. The topological polar surface area (TPSA) is 148 Å². The normalized spacial score (nSPS) is 24.9. The summed E-state index contributed by atoms with van der Waals surface area (Å²) < 4.78 is 42.8. The molecule has 0 aromatic heterocycles. The van der Waals surface area contributed by atoms with Gasteiger partial charge in [-0.25, -0.2) is 9.59 Å². The molecule has 0 radical (unpaired) electrons. The minimum Gasteiger partial charge on any atom is -0.453 e. The van der Waals surface area contributed by atoms with Crippen LogP contribution >= 0.6 is 0 Å². The molecule has 1 aliphatic rings. The molecule has 0 saturated carbocycles. The molecule has 2 aromatic carbocycles. The van der Waals surface area contributed by atoms with Gasteiger partial charge in [0, 0.05) is 0 Å². The molecular weight excluding hydrogens is 478 g/mol. The lowest BCUT2D eigenvalue weighted by atomic mass is 9.93. The summed E-state index contributed by atoms with van der Waals surface area (Å²) in [7, 11) is -4.47. The first-order chi connectivity index (χ1) is 16.6. The minimum absolute atomic E-state index is 0.0813. The van der Waals surface area contributed by atoms with E-state index in [-0.39, 0.29) is 17.5 Å². The number of carbonyl (C=O) groups excluding carboxylic acids is 2. The summed E-state index contributed by atoms with van der Waals surface area (Å²) in [4.78, 5) is 25.7. The molecule has 0 bridgehead atoms. The highest BCUT2D eigenvalue weighted by Crippen LogP contribution is 2.24. The van der Waals surface area contributed by atoms with Crippen molar-refractivity contribution in [2.24, 2.45) is 0 Å². The van der Waals surface area contributed by atoms with Crippen molar-refractivity contribution in [2.45, 2.75) is 43.8 Å². The van der Waals surface area contributed by atoms with Crippen molar-refractivity contribution in [2.75, 3.05) is 6.61 Å². The second kappa shape index (κ2) is 11.6. The highest BCUT2D eigenvalue weighted by atomic mass is 32.2. The lowest BCUT2D eigenvalue weighted by Crippen LogP contribution is -2.62. The first-order valence-corrected chi connectivity index (χ1v) is 12.2. The molecule has 188 valence electrons. The molecule has 1 heterocycles. The zero-order chi connectivity index (χ0) is 25.6. The Bertz CT molecular complexity index is 1140. The SMILES string of the molecule is C=C(C)C[C@H](O)[C@H]1NS(=O)(=O)OC[C@@H](O)[C@@H](OC(=O)c2ccccc2)[C@@H]1OC(=O)c1ccccc1. The zero-order valence-corrected chi connectivity index (χ0v) is 19.8. The molecule has 5 atom stereocenters. The van der Waals surface area contributed by atoms with Gasteiger partial charge in [-0.05, 0) is 37.6 Å². The van der Waals surface area contributed by atoms with Crippen molar-refractivity contribution < 1.29 is 41.9 Å². The third-order valence-electron chi connectivity index (χ3n) is 5.21. The van der Waals surface area contributed by atoms with Crippen LogP contribution in [0.5, 0.6) is 0 Å². The van der Waals surface area contributed by atoms with Gasteiger partial charge < -0.3 is 19.7 Å². The van der Waals surface area contributed by atoms with Crippen molar-refractivity contribution in [1.29, 1.82) is 0 Å². The number of aliphatic hydroxyl groups excluding tert-OH is 2. The summed E-state index contributed by atoms with van der Waals surface area (Å²) >= 11 is 0. The van der Waals surface area contributed by atoms with Crippen molar-refractivity contribution >= 4 is 22.2 Å². The molecule has 35 heavy (non-hydrogen) atoms. The van der Waals surface area contributed by atoms with Gasteiger partial charge in [0.25, 0.3) is 0 Å². The highest BCUT2D eigenvalue weighted by molar-refractivity contribution is 7.84. The molecule has 1 fully saturated rings. The Morgan fingerprint density at radius 1 is 1.03 bits per heavy atom. The summed E-state index contributed by atoms with van der Waals surface area (Å²) in [5.41, 5.74) is 0.783. The summed E-state index contributed by atoms with van der Waals surface area (Å²) in [6, 6.07) is 14.1. The van der Waals surface area contributed by atoms with Crippen LogP contribution in [0.25, 0.3) is 0 Å².